The molecule has 2 aromatic rings. The third-order valence-corrected chi connectivity index (χ3v) is 4.17. The lowest BCUT2D eigenvalue weighted by atomic mass is 10.0. The van der Waals surface area contributed by atoms with E-state index in [1.54, 1.807) is 7.11 Å². The van der Waals surface area contributed by atoms with E-state index in [9.17, 15) is 0 Å². The van der Waals surface area contributed by atoms with Crippen LogP contribution in [0.4, 0.5) is 0 Å². The molecule has 140 valence electrons. The Labute approximate surface area is 145 Å². The highest BCUT2D eigenvalue weighted by atomic mass is 16.5. The first-order valence-electron chi connectivity index (χ1n) is 8.12. The largest absolute Gasteiger partial charge is 0.497 e. The van der Waals surface area contributed by atoms with Crippen molar-refractivity contribution in [3.8, 4) is 5.75 Å². The smallest absolute Gasteiger partial charge is 0.119 e. The molecule has 8 nitrogen and oxygen atoms in total. The molecule has 1 aliphatic heterocycles. The van der Waals surface area contributed by atoms with Gasteiger partial charge in [-0.2, -0.15) is 0 Å². The third kappa shape index (κ3) is 4.69. The number of H-pyrrole nitrogens is 1. The second-order valence-corrected chi connectivity index (χ2v) is 5.87. The summed E-state index contributed by atoms with van der Waals surface area (Å²) in [5, 5.41) is 36.9. The van der Waals surface area contributed by atoms with Crippen molar-refractivity contribution in [3.63, 3.8) is 0 Å². The number of nitrogens with two attached hydrogens (primary N) is 1. The molecule has 4 unspecified atom stereocenters. The Morgan fingerprint density at radius 1 is 1.28 bits per heavy atom. The fraction of sp³-hybridized carbons (Fsp3) is 0.529. The second-order valence-electron chi connectivity index (χ2n) is 5.87. The van der Waals surface area contributed by atoms with Gasteiger partial charge in [-0.05, 0) is 36.7 Å². The van der Waals surface area contributed by atoms with Crippen LogP contribution in [0.25, 0.3) is 10.9 Å². The first kappa shape index (κ1) is 19.6. The predicted molar refractivity (Wildman–Crippen MR) is 92.5 cm³/mol. The van der Waals surface area contributed by atoms with Gasteiger partial charge in [-0.1, -0.05) is 0 Å². The molecule has 0 aliphatic carbocycles. The molecule has 0 amide bonds. The fourth-order valence-corrected chi connectivity index (χ4v) is 2.67. The molecule has 2 heterocycles. The molecular weight excluding hydrogens is 328 g/mol. The van der Waals surface area contributed by atoms with Crippen LogP contribution in [0.3, 0.4) is 0 Å². The van der Waals surface area contributed by atoms with Gasteiger partial charge in [0.15, 0.2) is 0 Å². The number of aliphatic hydroxyl groups is 4. The quantitative estimate of drug-likeness (QED) is 0.419. The van der Waals surface area contributed by atoms with Crippen LogP contribution in [0.2, 0.25) is 0 Å². The molecule has 1 aromatic heterocycles. The molecule has 1 saturated heterocycles. The average molecular weight is 354 g/mol. The fourth-order valence-electron chi connectivity index (χ4n) is 2.67. The van der Waals surface area contributed by atoms with E-state index in [0.29, 0.717) is 6.54 Å². The lowest BCUT2D eigenvalue weighted by molar-refractivity contribution is -0.195. The monoisotopic (exact) mass is 354 g/mol. The summed E-state index contributed by atoms with van der Waals surface area (Å²) in [6.07, 6.45) is -1.37. The minimum Gasteiger partial charge on any atom is -0.497 e. The topological polar surface area (TPSA) is 141 Å². The number of nitrogens with one attached hydrogen (secondary N) is 1. The van der Waals surface area contributed by atoms with Crippen molar-refractivity contribution in [3.05, 3.63) is 30.0 Å². The summed E-state index contributed by atoms with van der Waals surface area (Å²) in [4.78, 5) is 3.21. The van der Waals surface area contributed by atoms with Gasteiger partial charge < -0.3 is 40.6 Å². The molecule has 25 heavy (non-hydrogen) atoms. The molecule has 0 saturated carbocycles. The zero-order valence-corrected chi connectivity index (χ0v) is 14.1. The standard InChI is InChI=1S/C11H14N2O.C6H12O5/c1-14-9-2-3-11-10(6-9)8(4-5-12)7-13-11;7-1-4-6(10)5(9)3(8)2-11-4/h2-3,6-7,13H,4-5,12H2,1H3;3-10H,1-2H2. The Balaban J connectivity index is 0.000000186. The van der Waals surface area contributed by atoms with Gasteiger partial charge >= 0.3 is 0 Å². The number of ether oxygens (including phenoxy) is 2. The summed E-state index contributed by atoms with van der Waals surface area (Å²) in [5.74, 6) is 0.885. The van der Waals surface area contributed by atoms with E-state index in [2.05, 4.69) is 4.98 Å². The van der Waals surface area contributed by atoms with E-state index in [-0.39, 0.29) is 13.2 Å². The van der Waals surface area contributed by atoms with Crippen molar-refractivity contribution in [1.29, 1.82) is 0 Å². The Kier molecular flexibility index (Phi) is 7.18. The van der Waals surface area contributed by atoms with Gasteiger partial charge in [0, 0.05) is 17.1 Å². The summed E-state index contributed by atoms with van der Waals surface area (Å²) in [5.41, 5.74) is 7.92. The van der Waals surface area contributed by atoms with Crippen molar-refractivity contribution in [2.24, 2.45) is 5.73 Å². The summed E-state index contributed by atoms with van der Waals surface area (Å²) in [6, 6.07) is 6.01. The highest BCUT2D eigenvalue weighted by Crippen LogP contribution is 2.23. The molecule has 0 radical (unpaired) electrons. The van der Waals surface area contributed by atoms with Gasteiger partial charge in [-0.15, -0.1) is 0 Å². The van der Waals surface area contributed by atoms with Crippen LogP contribution in [0.5, 0.6) is 5.75 Å². The molecule has 1 aromatic carbocycles. The van der Waals surface area contributed by atoms with Gasteiger partial charge in [-0.3, -0.25) is 0 Å². The van der Waals surface area contributed by atoms with E-state index in [4.69, 9.17) is 35.6 Å². The van der Waals surface area contributed by atoms with Gasteiger partial charge in [0.2, 0.25) is 0 Å². The number of methoxy groups -OCH3 is 1. The molecule has 0 bridgehead atoms. The maximum absolute atomic E-state index is 9.11. The Bertz CT molecular complexity index is 660. The van der Waals surface area contributed by atoms with Gasteiger partial charge in [0.05, 0.1) is 20.3 Å². The van der Waals surface area contributed by atoms with Crippen LogP contribution in [-0.4, -0.2) is 76.7 Å². The molecule has 3 rings (SSSR count). The van der Waals surface area contributed by atoms with Crippen molar-refractivity contribution in [2.45, 2.75) is 30.8 Å². The number of hydrogen-bond acceptors (Lipinski definition) is 7. The molecule has 8 heteroatoms. The molecule has 1 aliphatic rings. The highest BCUT2D eigenvalue weighted by molar-refractivity contribution is 5.84. The van der Waals surface area contributed by atoms with Crippen LogP contribution in [-0.2, 0) is 11.2 Å². The van der Waals surface area contributed by atoms with Gasteiger partial charge in [0.1, 0.15) is 30.2 Å². The third-order valence-electron chi connectivity index (χ3n) is 4.17. The number of aromatic nitrogens is 1. The zero-order chi connectivity index (χ0) is 18.4. The van der Waals surface area contributed by atoms with Crippen molar-refractivity contribution in [2.75, 3.05) is 26.9 Å². The van der Waals surface area contributed by atoms with Crippen LogP contribution < -0.4 is 10.5 Å². The first-order valence-corrected chi connectivity index (χ1v) is 8.12. The molecule has 7 N–H and O–H groups in total. The maximum atomic E-state index is 9.11. The lowest BCUT2D eigenvalue weighted by Crippen LogP contribution is -2.53. The summed E-state index contributed by atoms with van der Waals surface area (Å²) >= 11 is 0. The van der Waals surface area contributed by atoms with E-state index in [1.165, 1.54) is 10.9 Å². The SMILES string of the molecule is COc1ccc2[nH]cc(CCN)c2c1.OCC1OCC(O)C(O)C1O. The lowest BCUT2D eigenvalue weighted by Gasteiger charge is -2.34. The van der Waals surface area contributed by atoms with Gasteiger partial charge in [0.25, 0.3) is 0 Å². The number of benzene rings is 1. The number of aliphatic hydroxyl groups excluding tert-OH is 4. The van der Waals surface area contributed by atoms with E-state index < -0.39 is 24.4 Å². The Hall–Kier alpha value is -1.68. The normalized spacial score (nSPS) is 26.2. The molecule has 0 spiro atoms. The Morgan fingerprint density at radius 3 is 2.68 bits per heavy atom. The summed E-state index contributed by atoms with van der Waals surface area (Å²) < 4.78 is 9.99. The minimum atomic E-state index is -1.22. The van der Waals surface area contributed by atoms with Crippen LogP contribution in [0.15, 0.2) is 24.4 Å². The van der Waals surface area contributed by atoms with E-state index in [1.807, 2.05) is 24.4 Å². The number of aromatic amines is 1. The van der Waals surface area contributed by atoms with Crippen LogP contribution in [0.1, 0.15) is 5.56 Å². The second kappa shape index (κ2) is 9.14. The summed E-state index contributed by atoms with van der Waals surface area (Å²) in [6.45, 7) is 0.262. The van der Waals surface area contributed by atoms with E-state index >= 15 is 0 Å². The maximum Gasteiger partial charge on any atom is 0.119 e. The first-order chi connectivity index (χ1) is 12.0. The van der Waals surface area contributed by atoms with Crippen molar-refractivity contribution < 1.29 is 29.9 Å². The van der Waals surface area contributed by atoms with Crippen molar-refractivity contribution >= 4 is 10.9 Å². The highest BCUT2D eigenvalue weighted by Gasteiger charge is 2.36. The van der Waals surface area contributed by atoms with Gasteiger partial charge in [-0.25, -0.2) is 0 Å². The van der Waals surface area contributed by atoms with Crippen LogP contribution >= 0.6 is 0 Å². The number of rotatable bonds is 4. The molecular formula is C17H26N2O6. The van der Waals surface area contributed by atoms with Crippen molar-refractivity contribution in [1.82, 2.24) is 4.98 Å². The molecule has 1 fully saturated rings. The van der Waals surface area contributed by atoms with Crippen LogP contribution in [0, 0.1) is 0 Å². The Morgan fingerprint density at radius 2 is 2.04 bits per heavy atom. The zero-order valence-electron chi connectivity index (χ0n) is 14.1. The van der Waals surface area contributed by atoms with E-state index in [0.717, 1.165) is 17.7 Å². The number of hydrogen-bond donors (Lipinski definition) is 6. The predicted octanol–water partition coefficient (Wildman–Crippen LogP) is -0.862. The number of fused-ring (bicyclic) bond motifs is 1. The summed E-state index contributed by atoms with van der Waals surface area (Å²) in [7, 11) is 1.68. The average Bonchev–Trinajstić information content (AvgIpc) is 3.03. The molecule has 4 atom stereocenters. The minimum absolute atomic E-state index is 0.0521.